The quantitative estimate of drug-likeness (QED) is 0.255. The lowest BCUT2D eigenvalue weighted by Gasteiger charge is -2.08. The van der Waals surface area contributed by atoms with Gasteiger partial charge in [0.05, 0.1) is 0 Å². The topological polar surface area (TPSA) is 35.5 Å². The van der Waals surface area contributed by atoms with E-state index in [-0.39, 0.29) is 0 Å². The Kier molecular flexibility index (Phi) is 7.48. The number of rotatable bonds is 8. The summed E-state index contributed by atoms with van der Waals surface area (Å²) in [6, 6.07) is 29.7. The fraction of sp³-hybridized carbons (Fsp3) is 0.0769. The van der Waals surface area contributed by atoms with Crippen LogP contribution in [-0.2, 0) is 22.3 Å². The van der Waals surface area contributed by atoms with Crippen LogP contribution in [-0.4, -0.2) is 4.21 Å². The standard InChI is InChI=1S/C26H20Cl2O3S/c27-21-5-13-25(14-6-21)30-23-9-1-19(2-10-23)17-32(29)18-20-3-11-24(12-4-20)31-26-15-7-22(28)8-16-26/h1-16H,17-18H2. The maximum atomic E-state index is 12.6. The van der Waals surface area contributed by atoms with Gasteiger partial charge in [-0.3, -0.25) is 4.21 Å². The van der Waals surface area contributed by atoms with Gasteiger partial charge < -0.3 is 9.47 Å². The Hall–Kier alpha value is -2.79. The third kappa shape index (κ3) is 6.60. The van der Waals surface area contributed by atoms with Crippen molar-refractivity contribution in [2.75, 3.05) is 0 Å². The third-order valence-corrected chi connectivity index (χ3v) is 6.42. The molecule has 3 nitrogen and oxygen atoms in total. The zero-order valence-corrected chi connectivity index (χ0v) is 19.4. The second-order valence-electron chi connectivity index (χ2n) is 7.13. The molecule has 0 aliphatic rings. The van der Waals surface area contributed by atoms with Crippen molar-refractivity contribution in [1.82, 2.24) is 0 Å². The van der Waals surface area contributed by atoms with Gasteiger partial charge in [-0.15, -0.1) is 0 Å². The van der Waals surface area contributed by atoms with E-state index >= 15 is 0 Å². The molecule has 0 atom stereocenters. The molecule has 0 aliphatic heterocycles. The van der Waals surface area contributed by atoms with Gasteiger partial charge in [0.2, 0.25) is 0 Å². The van der Waals surface area contributed by atoms with Gasteiger partial charge in [0.25, 0.3) is 0 Å². The predicted octanol–water partition coefficient (Wildman–Crippen LogP) is 8.03. The molecule has 0 unspecified atom stereocenters. The average Bonchev–Trinajstić information content (AvgIpc) is 2.79. The van der Waals surface area contributed by atoms with Crippen molar-refractivity contribution in [2.24, 2.45) is 0 Å². The largest absolute Gasteiger partial charge is 0.457 e. The summed E-state index contributed by atoms with van der Waals surface area (Å²) in [4.78, 5) is 0. The molecular formula is C26H20Cl2O3S. The molecule has 0 saturated carbocycles. The van der Waals surface area contributed by atoms with E-state index in [1.165, 1.54) is 0 Å². The number of hydrogen-bond donors (Lipinski definition) is 0. The van der Waals surface area contributed by atoms with E-state index in [0.717, 1.165) is 22.6 Å². The van der Waals surface area contributed by atoms with Crippen LogP contribution in [0.4, 0.5) is 0 Å². The van der Waals surface area contributed by atoms with Crippen LogP contribution in [0.3, 0.4) is 0 Å². The maximum Gasteiger partial charge on any atom is 0.127 e. The smallest absolute Gasteiger partial charge is 0.127 e. The number of benzene rings is 4. The van der Waals surface area contributed by atoms with Gasteiger partial charge in [0.15, 0.2) is 0 Å². The van der Waals surface area contributed by atoms with Gasteiger partial charge in [-0.05, 0) is 83.9 Å². The van der Waals surface area contributed by atoms with E-state index in [0.29, 0.717) is 33.0 Å². The Morgan fingerprint density at radius 1 is 0.500 bits per heavy atom. The minimum Gasteiger partial charge on any atom is -0.457 e. The van der Waals surface area contributed by atoms with Crippen molar-refractivity contribution >= 4 is 34.0 Å². The van der Waals surface area contributed by atoms with Crippen LogP contribution >= 0.6 is 23.2 Å². The molecule has 0 saturated heterocycles. The molecular weight excluding hydrogens is 463 g/mol. The van der Waals surface area contributed by atoms with Gasteiger partial charge in [-0.2, -0.15) is 0 Å². The number of halogens is 2. The lowest BCUT2D eigenvalue weighted by atomic mass is 10.2. The first-order valence-corrected chi connectivity index (χ1v) is 12.2. The molecule has 0 amide bonds. The maximum absolute atomic E-state index is 12.6. The van der Waals surface area contributed by atoms with Crippen LogP contribution in [0.25, 0.3) is 0 Å². The van der Waals surface area contributed by atoms with Gasteiger partial charge in [-0.25, -0.2) is 0 Å². The minimum atomic E-state index is -1.03. The average molecular weight is 483 g/mol. The Bertz CT molecular complexity index is 1080. The molecule has 162 valence electrons. The van der Waals surface area contributed by atoms with E-state index in [1.54, 1.807) is 24.3 Å². The molecule has 4 rings (SSSR count). The zero-order chi connectivity index (χ0) is 22.3. The second-order valence-corrected chi connectivity index (χ2v) is 9.46. The summed E-state index contributed by atoms with van der Waals surface area (Å²) in [5.41, 5.74) is 1.99. The summed E-state index contributed by atoms with van der Waals surface area (Å²) in [7, 11) is -1.03. The van der Waals surface area contributed by atoms with E-state index < -0.39 is 10.8 Å². The molecule has 4 aromatic rings. The van der Waals surface area contributed by atoms with E-state index in [9.17, 15) is 4.21 Å². The van der Waals surface area contributed by atoms with Crippen LogP contribution in [0.2, 0.25) is 10.0 Å². The lowest BCUT2D eigenvalue weighted by molar-refractivity contribution is 0.482. The molecule has 0 radical (unpaired) electrons. The summed E-state index contributed by atoms with van der Waals surface area (Å²) in [6.07, 6.45) is 0. The van der Waals surface area contributed by atoms with Crippen LogP contribution in [0.5, 0.6) is 23.0 Å². The highest BCUT2D eigenvalue weighted by Gasteiger charge is 2.06. The Labute approximate surface area is 200 Å². The molecule has 0 fully saturated rings. The Morgan fingerprint density at radius 3 is 1.09 bits per heavy atom. The molecule has 32 heavy (non-hydrogen) atoms. The van der Waals surface area contributed by atoms with E-state index in [4.69, 9.17) is 32.7 Å². The number of ether oxygens (including phenoxy) is 2. The first kappa shape index (κ1) is 22.4. The first-order chi connectivity index (χ1) is 15.5. The highest BCUT2D eigenvalue weighted by Crippen LogP contribution is 2.25. The predicted molar refractivity (Wildman–Crippen MR) is 131 cm³/mol. The molecule has 0 aromatic heterocycles. The van der Waals surface area contributed by atoms with Gasteiger partial charge in [-0.1, -0.05) is 47.5 Å². The first-order valence-electron chi connectivity index (χ1n) is 9.93. The lowest BCUT2D eigenvalue weighted by Crippen LogP contribution is -1.99. The fourth-order valence-electron chi connectivity index (χ4n) is 3.01. The molecule has 0 N–H and O–H groups in total. The number of hydrogen-bond acceptors (Lipinski definition) is 3. The summed E-state index contributed by atoms with van der Waals surface area (Å²) in [5.74, 6) is 3.83. The highest BCUT2D eigenvalue weighted by atomic mass is 35.5. The van der Waals surface area contributed by atoms with E-state index in [2.05, 4.69) is 0 Å². The Morgan fingerprint density at radius 2 is 0.781 bits per heavy atom. The monoisotopic (exact) mass is 482 g/mol. The van der Waals surface area contributed by atoms with Crippen LogP contribution in [0, 0.1) is 0 Å². The van der Waals surface area contributed by atoms with Gasteiger partial charge >= 0.3 is 0 Å². The Balaban J connectivity index is 1.29. The molecule has 0 spiro atoms. The summed E-state index contributed by atoms with van der Waals surface area (Å²) < 4.78 is 24.2. The SMILES string of the molecule is O=S(Cc1ccc(Oc2ccc(Cl)cc2)cc1)Cc1ccc(Oc2ccc(Cl)cc2)cc1. The fourth-order valence-corrected chi connectivity index (χ4v) is 4.49. The third-order valence-electron chi connectivity index (χ3n) is 4.60. The van der Waals surface area contributed by atoms with Crippen molar-refractivity contribution in [3.63, 3.8) is 0 Å². The second kappa shape index (κ2) is 10.7. The summed E-state index contributed by atoms with van der Waals surface area (Å²) >= 11 is 11.8. The molecule has 0 aliphatic carbocycles. The van der Waals surface area contributed by atoms with Crippen molar-refractivity contribution in [2.45, 2.75) is 11.5 Å². The van der Waals surface area contributed by atoms with Crippen LogP contribution in [0.1, 0.15) is 11.1 Å². The van der Waals surface area contributed by atoms with Crippen molar-refractivity contribution < 1.29 is 13.7 Å². The molecule has 0 bridgehead atoms. The normalized spacial score (nSPS) is 10.8. The molecule has 0 heterocycles. The zero-order valence-electron chi connectivity index (χ0n) is 17.0. The van der Waals surface area contributed by atoms with E-state index in [1.807, 2.05) is 72.8 Å². The van der Waals surface area contributed by atoms with Crippen molar-refractivity contribution in [3.05, 3.63) is 118 Å². The van der Waals surface area contributed by atoms with Gasteiger partial charge in [0, 0.05) is 32.4 Å². The van der Waals surface area contributed by atoms with Crippen LogP contribution < -0.4 is 9.47 Å². The van der Waals surface area contributed by atoms with Crippen molar-refractivity contribution in [3.8, 4) is 23.0 Å². The highest BCUT2D eigenvalue weighted by molar-refractivity contribution is 7.83. The summed E-state index contributed by atoms with van der Waals surface area (Å²) in [5, 5.41) is 1.33. The van der Waals surface area contributed by atoms with Crippen molar-refractivity contribution in [1.29, 1.82) is 0 Å². The molecule has 6 heteroatoms. The minimum absolute atomic E-state index is 0.476. The van der Waals surface area contributed by atoms with Gasteiger partial charge in [0.1, 0.15) is 23.0 Å². The van der Waals surface area contributed by atoms with Crippen LogP contribution in [0.15, 0.2) is 97.1 Å². The molecule has 4 aromatic carbocycles. The summed E-state index contributed by atoms with van der Waals surface area (Å²) in [6.45, 7) is 0.